The first-order valence-electron chi connectivity index (χ1n) is 4.80. The van der Waals surface area contributed by atoms with E-state index < -0.39 is 17.6 Å². The monoisotopic (exact) mass is 190 g/mol. The molecule has 78 valence electrons. The number of alkyl halides is 1. The highest BCUT2D eigenvalue weighted by Crippen LogP contribution is 2.33. The molecule has 0 saturated heterocycles. The first-order valence-corrected chi connectivity index (χ1v) is 4.80. The SMILES string of the molecule is CCC(C)C(CC)C(C)(F)C(=O)O. The smallest absolute Gasteiger partial charge is 0.341 e. The van der Waals surface area contributed by atoms with E-state index in [1.165, 1.54) is 0 Å². The normalized spacial score (nSPS) is 20.4. The second-order valence-corrected chi connectivity index (χ2v) is 3.78. The number of hydrogen-bond acceptors (Lipinski definition) is 1. The van der Waals surface area contributed by atoms with E-state index in [-0.39, 0.29) is 5.92 Å². The van der Waals surface area contributed by atoms with Crippen LogP contribution in [0, 0.1) is 11.8 Å². The summed E-state index contributed by atoms with van der Waals surface area (Å²) in [5, 5.41) is 8.71. The van der Waals surface area contributed by atoms with Crippen LogP contribution in [0.15, 0.2) is 0 Å². The Hall–Kier alpha value is -0.600. The second kappa shape index (κ2) is 4.58. The Morgan fingerprint density at radius 3 is 2.15 bits per heavy atom. The summed E-state index contributed by atoms with van der Waals surface area (Å²) < 4.78 is 13.7. The molecule has 13 heavy (non-hydrogen) atoms. The molecule has 0 spiro atoms. The van der Waals surface area contributed by atoms with Gasteiger partial charge >= 0.3 is 5.97 Å². The lowest BCUT2D eigenvalue weighted by Gasteiger charge is -2.30. The highest BCUT2D eigenvalue weighted by atomic mass is 19.1. The molecule has 3 heteroatoms. The van der Waals surface area contributed by atoms with Crippen molar-refractivity contribution in [3.8, 4) is 0 Å². The van der Waals surface area contributed by atoms with Gasteiger partial charge < -0.3 is 5.11 Å². The lowest BCUT2D eigenvalue weighted by Crippen LogP contribution is -2.41. The van der Waals surface area contributed by atoms with Gasteiger partial charge in [-0.05, 0) is 19.3 Å². The van der Waals surface area contributed by atoms with E-state index in [0.29, 0.717) is 6.42 Å². The van der Waals surface area contributed by atoms with E-state index in [0.717, 1.165) is 13.3 Å². The predicted molar refractivity (Wildman–Crippen MR) is 50.4 cm³/mol. The molecule has 3 atom stereocenters. The molecule has 0 amide bonds. The molecule has 0 aliphatic heterocycles. The molecule has 0 radical (unpaired) electrons. The van der Waals surface area contributed by atoms with Crippen molar-refractivity contribution in [3.05, 3.63) is 0 Å². The van der Waals surface area contributed by atoms with Crippen LogP contribution in [-0.4, -0.2) is 16.7 Å². The number of carboxylic acids is 1. The lowest BCUT2D eigenvalue weighted by atomic mass is 9.78. The summed E-state index contributed by atoms with van der Waals surface area (Å²) in [6, 6.07) is 0. The van der Waals surface area contributed by atoms with Crippen molar-refractivity contribution >= 4 is 5.97 Å². The Balaban J connectivity index is 4.65. The third kappa shape index (κ3) is 2.68. The van der Waals surface area contributed by atoms with Crippen LogP contribution in [0.25, 0.3) is 0 Å². The summed E-state index contributed by atoms with van der Waals surface area (Å²) in [7, 11) is 0. The molecular formula is C10H19FO2. The Labute approximate surface area is 79.1 Å². The van der Waals surface area contributed by atoms with Gasteiger partial charge in [0, 0.05) is 5.92 Å². The highest BCUT2D eigenvalue weighted by Gasteiger charge is 2.42. The van der Waals surface area contributed by atoms with Gasteiger partial charge in [-0.15, -0.1) is 0 Å². The lowest BCUT2D eigenvalue weighted by molar-refractivity contribution is -0.155. The van der Waals surface area contributed by atoms with E-state index >= 15 is 0 Å². The van der Waals surface area contributed by atoms with Crippen LogP contribution in [0.4, 0.5) is 4.39 Å². The van der Waals surface area contributed by atoms with Crippen molar-refractivity contribution in [1.29, 1.82) is 0 Å². The summed E-state index contributed by atoms with van der Waals surface area (Å²) in [6.07, 6.45) is 1.37. The van der Waals surface area contributed by atoms with Crippen LogP contribution in [0.5, 0.6) is 0 Å². The van der Waals surface area contributed by atoms with Gasteiger partial charge in [-0.25, -0.2) is 9.18 Å². The Bertz CT molecular complexity index is 178. The van der Waals surface area contributed by atoms with E-state index in [1.807, 2.05) is 20.8 Å². The largest absolute Gasteiger partial charge is 0.479 e. The van der Waals surface area contributed by atoms with E-state index in [2.05, 4.69) is 0 Å². The molecule has 0 fully saturated rings. The molecule has 0 aromatic rings. The molecular weight excluding hydrogens is 171 g/mol. The van der Waals surface area contributed by atoms with E-state index in [4.69, 9.17) is 5.11 Å². The van der Waals surface area contributed by atoms with Crippen LogP contribution >= 0.6 is 0 Å². The Morgan fingerprint density at radius 1 is 1.46 bits per heavy atom. The minimum absolute atomic E-state index is 0.107. The summed E-state index contributed by atoms with van der Waals surface area (Å²) >= 11 is 0. The zero-order valence-electron chi connectivity index (χ0n) is 8.80. The Kier molecular flexibility index (Phi) is 4.37. The van der Waals surface area contributed by atoms with Gasteiger partial charge in [0.15, 0.2) is 0 Å². The maximum atomic E-state index is 13.7. The minimum atomic E-state index is -2.09. The molecule has 0 heterocycles. The zero-order valence-corrected chi connectivity index (χ0v) is 8.80. The first kappa shape index (κ1) is 12.4. The topological polar surface area (TPSA) is 37.3 Å². The van der Waals surface area contributed by atoms with E-state index in [1.54, 1.807) is 0 Å². The molecule has 0 rings (SSSR count). The van der Waals surface area contributed by atoms with Crippen LogP contribution in [0.3, 0.4) is 0 Å². The summed E-state index contributed by atoms with van der Waals surface area (Å²) in [5.41, 5.74) is -2.09. The van der Waals surface area contributed by atoms with Gasteiger partial charge in [-0.1, -0.05) is 27.2 Å². The van der Waals surface area contributed by atoms with Crippen LogP contribution in [-0.2, 0) is 4.79 Å². The number of carboxylic acid groups (broad SMARTS) is 1. The van der Waals surface area contributed by atoms with Crippen LogP contribution < -0.4 is 0 Å². The van der Waals surface area contributed by atoms with Crippen molar-refractivity contribution in [1.82, 2.24) is 0 Å². The fourth-order valence-corrected chi connectivity index (χ4v) is 1.76. The predicted octanol–water partition coefficient (Wildman–Crippen LogP) is 2.87. The average Bonchev–Trinajstić information content (AvgIpc) is 2.04. The van der Waals surface area contributed by atoms with Crippen molar-refractivity contribution < 1.29 is 14.3 Å². The third-order valence-corrected chi connectivity index (χ3v) is 2.89. The number of halogens is 1. The maximum absolute atomic E-state index is 13.7. The summed E-state index contributed by atoms with van der Waals surface area (Å²) in [4.78, 5) is 10.7. The summed E-state index contributed by atoms with van der Waals surface area (Å²) in [5.74, 6) is -1.63. The molecule has 0 aliphatic carbocycles. The number of aliphatic carboxylic acids is 1. The molecule has 0 bridgehead atoms. The van der Waals surface area contributed by atoms with Gasteiger partial charge in [0.05, 0.1) is 0 Å². The molecule has 0 aliphatic rings. The molecule has 2 nitrogen and oxygen atoms in total. The highest BCUT2D eigenvalue weighted by molar-refractivity contribution is 5.77. The van der Waals surface area contributed by atoms with Crippen molar-refractivity contribution in [3.63, 3.8) is 0 Å². The number of rotatable bonds is 5. The zero-order chi connectivity index (χ0) is 10.6. The number of carbonyl (C=O) groups is 1. The fourth-order valence-electron chi connectivity index (χ4n) is 1.76. The van der Waals surface area contributed by atoms with Gasteiger partial charge in [-0.3, -0.25) is 0 Å². The van der Waals surface area contributed by atoms with Crippen molar-refractivity contribution in [2.45, 2.75) is 46.2 Å². The van der Waals surface area contributed by atoms with Crippen LogP contribution in [0.1, 0.15) is 40.5 Å². The molecule has 3 unspecified atom stereocenters. The van der Waals surface area contributed by atoms with Crippen molar-refractivity contribution in [2.24, 2.45) is 11.8 Å². The Morgan fingerprint density at radius 2 is 1.92 bits per heavy atom. The number of hydrogen-bond donors (Lipinski definition) is 1. The molecule has 0 aromatic carbocycles. The van der Waals surface area contributed by atoms with Crippen LogP contribution in [0.2, 0.25) is 0 Å². The minimum Gasteiger partial charge on any atom is -0.479 e. The molecule has 1 N–H and O–H groups in total. The first-order chi connectivity index (χ1) is 5.87. The standard InChI is InChI=1S/C10H19FO2/c1-5-7(3)8(6-2)10(4,11)9(12)13/h7-8H,5-6H2,1-4H3,(H,12,13). The molecule has 0 saturated carbocycles. The maximum Gasteiger partial charge on any atom is 0.341 e. The average molecular weight is 190 g/mol. The van der Waals surface area contributed by atoms with Gasteiger partial charge in [0.1, 0.15) is 0 Å². The van der Waals surface area contributed by atoms with Gasteiger partial charge in [0.2, 0.25) is 5.67 Å². The second-order valence-electron chi connectivity index (χ2n) is 3.78. The van der Waals surface area contributed by atoms with Gasteiger partial charge in [-0.2, -0.15) is 0 Å². The van der Waals surface area contributed by atoms with Gasteiger partial charge in [0.25, 0.3) is 0 Å². The van der Waals surface area contributed by atoms with Crippen molar-refractivity contribution in [2.75, 3.05) is 0 Å². The summed E-state index contributed by atoms with van der Waals surface area (Å²) in [6.45, 7) is 6.84. The third-order valence-electron chi connectivity index (χ3n) is 2.89. The fraction of sp³-hybridized carbons (Fsp3) is 0.900. The molecule has 0 aromatic heterocycles. The quantitative estimate of drug-likeness (QED) is 0.723. The van der Waals surface area contributed by atoms with E-state index in [9.17, 15) is 9.18 Å².